The average Bonchev–Trinajstić information content (AvgIpc) is 2.23. The van der Waals surface area contributed by atoms with Crippen LogP contribution in [0.1, 0.15) is 26.7 Å². The lowest BCUT2D eigenvalue weighted by molar-refractivity contribution is -0.140. The minimum atomic E-state index is -0.177. The smallest absolute Gasteiger partial charge is 0.261 e. The van der Waals surface area contributed by atoms with Crippen LogP contribution < -0.4 is 10.8 Å². The second-order valence-corrected chi connectivity index (χ2v) is 4.79. The molecule has 1 atom stereocenters. The predicted octanol–water partition coefficient (Wildman–Crippen LogP) is 0.459. The lowest BCUT2D eigenvalue weighted by Crippen LogP contribution is -2.55. The lowest BCUT2D eigenvalue weighted by Gasteiger charge is -2.37. The van der Waals surface area contributed by atoms with Crippen molar-refractivity contribution in [2.24, 2.45) is 5.41 Å². The Balaban J connectivity index is 2.34. The largest absolute Gasteiger partial charge is 0.382 e. The lowest BCUT2D eigenvalue weighted by atomic mass is 9.77. The van der Waals surface area contributed by atoms with Gasteiger partial charge < -0.3 is 10.1 Å². The van der Waals surface area contributed by atoms with Gasteiger partial charge in [0.1, 0.15) is 0 Å². The molecule has 1 heterocycles. The van der Waals surface area contributed by atoms with Gasteiger partial charge in [-0.2, -0.15) is 0 Å². The summed E-state index contributed by atoms with van der Waals surface area (Å²) in [7, 11) is 1.59. The normalized spacial score (nSPS) is 24.1. The number of hydrogen-bond acceptors (Lipinski definition) is 4. The molecule has 1 aliphatic rings. The van der Waals surface area contributed by atoms with E-state index < -0.39 is 0 Å². The van der Waals surface area contributed by atoms with Crippen molar-refractivity contribution in [1.82, 2.24) is 10.8 Å². The Morgan fingerprint density at radius 1 is 1.50 bits per heavy atom. The molecule has 0 bridgehead atoms. The van der Waals surface area contributed by atoms with E-state index >= 15 is 0 Å². The average molecular weight is 230 g/mol. The van der Waals surface area contributed by atoms with E-state index in [0.29, 0.717) is 13.2 Å². The third-order valence-corrected chi connectivity index (χ3v) is 2.95. The maximum Gasteiger partial charge on any atom is 0.261 e. The number of hydroxylamine groups is 1. The molecule has 1 fully saturated rings. The Hall–Kier alpha value is -0.650. The Morgan fingerprint density at radius 3 is 2.88 bits per heavy atom. The molecule has 1 amide bonds. The molecule has 0 aromatic heterocycles. The summed E-state index contributed by atoms with van der Waals surface area (Å²) >= 11 is 0. The van der Waals surface area contributed by atoms with E-state index in [9.17, 15) is 4.79 Å². The Bertz CT molecular complexity index is 231. The Morgan fingerprint density at radius 2 is 2.25 bits per heavy atom. The number of hydrogen-bond donors (Lipinski definition) is 2. The number of ether oxygens (including phenoxy) is 1. The number of amides is 1. The van der Waals surface area contributed by atoms with Crippen molar-refractivity contribution in [3.8, 4) is 0 Å². The first kappa shape index (κ1) is 13.4. The number of nitrogens with one attached hydrogen (secondary N) is 2. The summed E-state index contributed by atoms with van der Waals surface area (Å²) in [6.07, 6.45) is 2.16. The molecule has 1 saturated heterocycles. The molecule has 0 aromatic rings. The van der Waals surface area contributed by atoms with E-state index in [1.807, 2.05) is 0 Å². The molecule has 1 rings (SSSR count). The summed E-state index contributed by atoms with van der Waals surface area (Å²) < 4.78 is 4.82. The second-order valence-electron chi connectivity index (χ2n) is 4.79. The molecule has 16 heavy (non-hydrogen) atoms. The summed E-state index contributed by atoms with van der Waals surface area (Å²) in [5.74, 6) is -0.0965. The van der Waals surface area contributed by atoms with Gasteiger partial charge in [-0.05, 0) is 24.8 Å². The Kier molecular flexibility index (Phi) is 5.18. The van der Waals surface area contributed by atoms with E-state index in [4.69, 9.17) is 9.57 Å². The highest BCUT2D eigenvalue weighted by molar-refractivity contribution is 5.81. The molecule has 1 unspecified atom stereocenters. The van der Waals surface area contributed by atoms with Crippen molar-refractivity contribution in [3.05, 3.63) is 0 Å². The van der Waals surface area contributed by atoms with Crippen molar-refractivity contribution in [1.29, 1.82) is 0 Å². The maximum atomic E-state index is 11.8. The zero-order valence-electron chi connectivity index (χ0n) is 10.3. The molecule has 1 aliphatic heterocycles. The van der Waals surface area contributed by atoms with E-state index in [-0.39, 0.29) is 17.4 Å². The highest BCUT2D eigenvalue weighted by Crippen LogP contribution is 2.29. The standard InChI is InChI=1S/C11H22N2O3/c1-11(2)5-4-6-12-9(11)10(14)13-16-8-7-15-3/h9,12H,4-8H2,1-3H3,(H,13,14). The van der Waals surface area contributed by atoms with Crippen molar-refractivity contribution in [3.63, 3.8) is 0 Å². The molecule has 0 aromatic carbocycles. The van der Waals surface area contributed by atoms with Crippen LogP contribution in [0.3, 0.4) is 0 Å². The van der Waals surface area contributed by atoms with Gasteiger partial charge in [0.15, 0.2) is 0 Å². The monoisotopic (exact) mass is 230 g/mol. The van der Waals surface area contributed by atoms with Crippen molar-refractivity contribution < 1.29 is 14.4 Å². The molecular weight excluding hydrogens is 208 g/mol. The van der Waals surface area contributed by atoms with Crippen LogP contribution >= 0.6 is 0 Å². The van der Waals surface area contributed by atoms with Crippen molar-refractivity contribution >= 4 is 5.91 Å². The van der Waals surface area contributed by atoms with Crippen LogP contribution in [0.5, 0.6) is 0 Å². The summed E-state index contributed by atoms with van der Waals surface area (Å²) in [6.45, 7) is 5.92. The van der Waals surface area contributed by atoms with E-state index in [1.54, 1.807) is 7.11 Å². The molecular formula is C11H22N2O3. The van der Waals surface area contributed by atoms with E-state index in [2.05, 4.69) is 24.6 Å². The van der Waals surface area contributed by atoms with Gasteiger partial charge in [0, 0.05) is 7.11 Å². The quantitative estimate of drug-likeness (QED) is 0.532. The topological polar surface area (TPSA) is 59.6 Å². The number of piperidine rings is 1. The molecule has 2 N–H and O–H groups in total. The second kappa shape index (κ2) is 6.18. The number of carbonyl (C=O) groups is 1. The van der Waals surface area contributed by atoms with E-state index in [0.717, 1.165) is 19.4 Å². The maximum absolute atomic E-state index is 11.8. The first-order valence-corrected chi connectivity index (χ1v) is 5.72. The molecule has 0 radical (unpaired) electrons. The highest BCUT2D eigenvalue weighted by atomic mass is 16.7. The van der Waals surface area contributed by atoms with Crippen LogP contribution in [-0.2, 0) is 14.4 Å². The predicted molar refractivity (Wildman–Crippen MR) is 60.8 cm³/mol. The zero-order valence-corrected chi connectivity index (χ0v) is 10.3. The van der Waals surface area contributed by atoms with Crippen LogP contribution in [-0.4, -0.2) is 38.8 Å². The number of methoxy groups -OCH3 is 1. The van der Waals surface area contributed by atoms with Gasteiger partial charge in [-0.15, -0.1) is 0 Å². The zero-order chi connectivity index (χ0) is 12.0. The van der Waals surface area contributed by atoms with Crippen molar-refractivity contribution in [2.45, 2.75) is 32.7 Å². The fraction of sp³-hybridized carbons (Fsp3) is 0.909. The minimum Gasteiger partial charge on any atom is -0.382 e. The molecule has 94 valence electrons. The van der Waals surface area contributed by atoms with Gasteiger partial charge in [0.2, 0.25) is 0 Å². The van der Waals surface area contributed by atoms with Crippen LogP contribution in [0.4, 0.5) is 0 Å². The molecule has 0 saturated carbocycles. The third-order valence-electron chi connectivity index (χ3n) is 2.95. The third kappa shape index (κ3) is 3.73. The minimum absolute atomic E-state index is 0.0209. The van der Waals surface area contributed by atoms with Gasteiger partial charge in [0.25, 0.3) is 5.91 Å². The molecule has 0 spiro atoms. The van der Waals surface area contributed by atoms with E-state index in [1.165, 1.54) is 0 Å². The number of carbonyl (C=O) groups excluding carboxylic acids is 1. The summed E-state index contributed by atoms with van der Waals surface area (Å²) in [4.78, 5) is 16.9. The highest BCUT2D eigenvalue weighted by Gasteiger charge is 2.37. The van der Waals surface area contributed by atoms with Gasteiger partial charge in [-0.1, -0.05) is 13.8 Å². The summed E-state index contributed by atoms with van der Waals surface area (Å²) in [5.41, 5.74) is 2.44. The van der Waals surface area contributed by atoms with Crippen LogP contribution in [0.15, 0.2) is 0 Å². The van der Waals surface area contributed by atoms with Crippen LogP contribution in [0.2, 0.25) is 0 Å². The van der Waals surface area contributed by atoms with Gasteiger partial charge in [-0.25, -0.2) is 5.48 Å². The first-order chi connectivity index (χ1) is 7.58. The Labute approximate surface area is 96.8 Å². The van der Waals surface area contributed by atoms with Gasteiger partial charge >= 0.3 is 0 Å². The number of rotatable bonds is 5. The van der Waals surface area contributed by atoms with Gasteiger partial charge in [-0.3, -0.25) is 9.63 Å². The summed E-state index contributed by atoms with van der Waals surface area (Å²) in [6, 6.07) is -0.177. The first-order valence-electron chi connectivity index (χ1n) is 5.72. The molecule has 5 nitrogen and oxygen atoms in total. The van der Waals surface area contributed by atoms with Crippen molar-refractivity contribution in [2.75, 3.05) is 26.9 Å². The molecule has 0 aliphatic carbocycles. The summed E-state index contributed by atoms with van der Waals surface area (Å²) in [5, 5.41) is 3.23. The fourth-order valence-electron chi connectivity index (χ4n) is 1.96. The molecule has 5 heteroatoms. The SMILES string of the molecule is COCCONC(=O)C1NCCCC1(C)C. The van der Waals surface area contributed by atoms with Crippen LogP contribution in [0.25, 0.3) is 0 Å². The fourth-order valence-corrected chi connectivity index (χ4v) is 1.96. The van der Waals surface area contributed by atoms with Gasteiger partial charge in [0.05, 0.1) is 19.3 Å². The van der Waals surface area contributed by atoms with Crippen LogP contribution in [0, 0.1) is 5.41 Å².